The van der Waals surface area contributed by atoms with E-state index in [2.05, 4.69) is 4.98 Å². The van der Waals surface area contributed by atoms with Crippen molar-refractivity contribution in [1.82, 2.24) is 4.98 Å². The maximum absolute atomic E-state index is 13.2. The van der Waals surface area contributed by atoms with E-state index in [1.54, 1.807) is 24.3 Å². The van der Waals surface area contributed by atoms with Crippen molar-refractivity contribution in [3.8, 4) is 11.5 Å². The number of aromatic nitrogens is 1. The van der Waals surface area contributed by atoms with Crippen molar-refractivity contribution >= 4 is 9.84 Å². The summed E-state index contributed by atoms with van der Waals surface area (Å²) in [5, 5.41) is 0. The van der Waals surface area contributed by atoms with Crippen molar-refractivity contribution < 1.29 is 17.2 Å². The van der Waals surface area contributed by atoms with Gasteiger partial charge in [0.15, 0.2) is 9.84 Å². The minimum absolute atomic E-state index is 0.0601. The number of halogens is 1. The van der Waals surface area contributed by atoms with Crippen molar-refractivity contribution in [3.63, 3.8) is 0 Å². The van der Waals surface area contributed by atoms with Crippen LogP contribution in [0.1, 0.15) is 16.8 Å². The normalized spacial score (nSPS) is 11.6. The Morgan fingerprint density at radius 1 is 1.08 bits per heavy atom. The first-order chi connectivity index (χ1) is 11.4. The number of hydrogen-bond donors (Lipinski definition) is 0. The minimum Gasteiger partial charge on any atom is -0.444 e. The van der Waals surface area contributed by atoms with Gasteiger partial charge in [0, 0.05) is 5.56 Å². The van der Waals surface area contributed by atoms with Crippen molar-refractivity contribution in [2.24, 2.45) is 0 Å². The van der Waals surface area contributed by atoms with Gasteiger partial charge in [-0.25, -0.2) is 17.8 Å². The highest BCUT2D eigenvalue weighted by atomic mass is 32.2. The average molecular weight is 345 g/mol. The Bertz CT molecular complexity index is 946. The zero-order chi connectivity index (χ0) is 17.2. The van der Waals surface area contributed by atoms with Gasteiger partial charge in [-0.05, 0) is 30.7 Å². The third kappa shape index (κ3) is 4.08. The number of rotatable bonds is 5. The van der Waals surface area contributed by atoms with Gasteiger partial charge in [-0.15, -0.1) is 0 Å². The average Bonchev–Trinajstić information content (AvgIpc) is 2.97. The molecule has 0 saturated heterocycles. The summed E-state index contributed by atoms with van der Waals surface area (Å²) in [6.07, 6.45) is 1.30. The molecule has 6 heteroatoms. The first-order valence-electron chi connectivity index (χ1n) is 7.38. The number of oxazole rings is 1. The smallest absolute Gasteiger partial charge is 0.226 e. The van der Waals surface area contributed by atoms with E-state index < -0.39 is 15.7 Å². The molecule has 1 aromatic heterocycles. The second-order valence-corrected chi connectivity index (χ2v) is 7.74. The quantitative estimate of drug-likeness (QED) is 0.703. The molecule has 3 rings (SSSR count). The van der Waals surface area contributed by atoms with Crippen LogP contribution >= 0.6 is 0 Å². The van der Waals surface area contributed by atoms with Crippen LogP contribution in [0.5, 0.6) is 0 Å². The SMILES string of the molecule is Cc1ccc(CS(=O)(=O)Cc2coc(-c3cccc(F)c3)n2)cc1. The Morgan fingerprint density at radius 3 is 2.54 bits per heavy atom. The van der Waals surface area contributed by atoms with E-state index in [0.29, 0.717) is 11.3 Å². The van der Waals surface area contributed by atoms with Crippen LogP contribution < -0.4 is 0 Å². The molecule has 0 fully saturated rings. The Balaban J connectivity index is 1.75. The molecule has 0 amide bonds. The molecule has 2 aromatic carbocycles. The Labute approximate surface area is 139 Å². The van der Waals surface area contributed by atoms with Gasteiger partial charge in [0.1, 0.15) is 12.1 Å². The molecule has 0 aliphatic carbocycles. The molecule has 24 heavy (non-hydrogen) atoms. The molecule has 0 saturated carbocycles. The molecule has 4 nitrogen and oxygen atoms in total. The van der Waals surface area contributed by atoms with Crippen molar-refractivity contribution in [2.45, 2.75) is 18.4 Å². The Morgan fingerprint density at radius 2 is 1.83 bits per heavy atom. The first kappa shape index (κ1) is 16.4. The van der Waals surface area contributed by atoms with Gasteiger partial charge in [0.05, 0.1) is 17.2 Å². The van der Waals surface area contributed by atoms with Crippen LogP contribution in [-0.2, 0) is 21.3 Å². The van der Waals surface area contributed by atoms with Crippen LogP contribution in [0.4, 0.5) is 4.39 Å². The molecule has 1 heterocycles. The zero-order valence-electron chi connectivity index (χ0n) is 13.1. The van der Waals surface area contributed by atoms with Crippen LogP contribution in [0.15, 0.2) is 59.2 Å². The van der Waals surface area contributed by atoms with E-state index >= 15 is 0 Å². The third-order valence-corrected chi connectivity index (χ3v) is 5.01. The highest BCUT2D eigenvalue weighted by Crippen LogP contribution is 2.21. The van der Waals surface area contributed by atoms with Gasteiger partial charge >= 0.3 is 0 Å². The predicted molar refractivity (Wildman–Crippen MR) is 89.4 cm³/mol. The van der Waals surface area contributed by atoms with Crippen LogP contribution in [0.3, 0.4) is 0 Å². The van der Waals surface area contributed by atoms with Crippen molar-refractivity contribution in [1.29, 1.82) is 0 Å². The molecular weight excluding hydrogens is 329 g/mol. The molecule has 124 valence electrons. The molecule has 0 aliphatic heterocycles. The summed E-state index contributed by atoms with van der Waals surface area (Å²) < 4.78 is 43.1. The van der Waals surface area contributed by atoms with Crippen LogP contribution in [-0.4, -0.2) is 13.4 Å². The lowest BCUT2D eigenvalue weighted by atomic mass is 10.2. The lowest BCUT2D eigenvalue weighted by Gasteiger charge is -2.03. The summed E-state index contributed by atoms with van der Waals surface area (Å²) in [6, 6.07) is 13.2. The maximum Gasteiger partial charge on any atom is 0.226 e. The van der Waals surface area contributed by atoms with E-state index in [1.807, 2.05) is 19.1 Å². The summed E-state index contributed by atoms with van der Waals surface area (Å²) in [5.74, 6) is -0.482. The molecule has 0 spiro atoms. The van der Waals surface area contributed by atoms with Crippen LogP contribution in [0.2, 0.25) is 0 Å². The first-order valence-corrected chi connectivity index (χ1v) is 9.20. The van der Waals surface area contributed by atoms with Crippen molar-refractivity contribution in [2.75, 3.05) is 0 Å². The molecule has 0 radical (unpaired) electrons. The van der Waals surface area contributed by atoms with E-state index in [1.165, 1.54) is 18.4 Å². The number of benzene rings is 2. The van der Waals surface area contributed by atoms with E-state index in [4.69, 9.17) is 4.42 Å². The summed E-state index contributed by atoms with van der Waals surface area (Å²) in [4.78, 5) is 4.15. The molecule has 0 atom stereocenters. The molecular formula is C18H16FNO3S. The predicted octanol–water partition coefficient (Wildman–Crippen LogP) is 3.90. The van der Waals surface area contributed by atoms with E-state index in [0.717, 1.165) is 11.1 Å². The monoisotopic (exact) mass is 345 g/mol. The number of hydrogen-bond acceptors (Lipinski definition) is 4. The zero-order valence-corrected chi connectivity index (χ0v) is 13.9. The van der Waals surface area contributed by atoms with Gasteiger partial charge in [0.25, 0.3) is 0 Å². The second kappa shape index (κ2) is 6.57. The van der Waals surface area contributed by atoms with Gasteiger partial charge in [-0.1, -0.05) is 35.9 Å². The standard InChI is InChI=1S/C18H16FNO3S/c1-13-5-7-14(8-6-13)11-24(21,22)12-17-10-23-18(20-17)15-3-2-4-16(19)9-15/h2-10H,11-12H2,1H3. The molecule has 0 N–H and O–H groups in total. The minimum atomic E-state index is -3.37. The third-order valence-electron chi connectivity index (χ3n) is 3.50. The summed E-state index contributed by atoms with van der Waals surface area (Å²) in [7, 11) is -3.37. The van der Waals surface area contributed by atoms with Crippen LogP contribution in [0.25, 0.3) is 11.5 Å². The molecule has 0 bridgehead atoms. The lowest BCUT2D eigenvalue weighted by molar-refractivity contribution is 0.570. The lowest BCUT2D eigenvalue weighted by Crippen LogP contribution is -2.08. The number of sulfone groups is 1. The number of aryl methyl sites for hydroxylation is 1. The molecule has 3 aromatic rings. The highest BCUT2D eigenvalue weighted by Gasteiger charge is 2.17. The van der Waals surface area contributed by atoms with Gasteiger partial charge in [-0.3, -0.25) is 0 Å². The van der Waals surface area contributed by atoms with Crippen molar-refractivity contribution in [3.05, 3.63) is 77.4 Å². The fourth-order valence-electron chi connectivity index (χ4n) is 2.34. The number of nitrogens with zero attached hydrogens (tertiary/aromatic N) is 1. The van der Waals surface area contributed by atoms with Crippen LogP contribution in [0, 0.1) is 12.7 Å². The van der Waals surface area contributed by atoms with E-state index in [9.17, 15) is 12.8 Å². The summed E-state index contributed by atoms with van der Waals surface area (Å²) in [5.41, 5.74) is 2.58. The van der Waals surface area contributed by atoms with E-state index in [-0.39, 0.29) is 17.4 Å². The summed E-state index contributed by atoms with van der Waals surface area (Å²) >= 11 is 0. The fraction of sp³-hybridized carbons (Fsp3) is 0.167. The van der Waals surface area contributed by atoms with Gasteiger partial charge in [0.2, 0.25) is 5.89 Å². The Hall–Kier alpha value is -2.47. The maximum atomic E-state index is 13.2. The Kier molecular flexibility index (Phi) is 4.49. The highest BCUT2D eigenvalue weighted by molar-refractivity contribution is 7.89. The summed E-state index contributed by atoms with van der Waals surface area (Å²) in [6.45, 7) is 1.95. The molecule has 0 unspecified atom stereocenters. The largest absolute Gasteiger partial charge is 0.444 e. The fourth-order valence-corrected chi connectivity index (χ4v) is 3.73. The van der Waals surface area contributed by atoms with Gasteiger partial charge < -0.3 is 4.42 Å². The molecule has 0 aliphatic rings. The second-order valence-electron chi connectivity index (χ2n) is 5.67. The topological polar surface area (TPSA) is 60.2 Å². The van der Waals surface area contributed by atoms with Gasteiger partial charge in [-0.2, -0.15) is 0 Å².